The lowest BCUT2D eigenvalue weighted by molar-refractivity contribution is 0.338. The normalized spacial score (nSPS) is 17.7. The summed E-state index contributed by atoms with van der Waals surface area (Å²) >= 11 is 0. The number of likely N-dealkylation sites (N-methyl/N-ethyl adjacent to an activating group) is 1. The summed E-state index contributed by atoms with van der Waals surface area (Å²) in [7, 11) is 2.24. The first kappa shape index (κ1) is 16.9. The minimum Gasteiger partial charge on any atom is -0.367 e. The second kappa shape index (κ2) is 5.61. The molecule has 2 rings (SSSR count). The number of rotatable bonds is 1. The minimum absolute atomic E-state index is 0.363. The first-order chi connectivity index (χ1) is 10.1. The average Bonchev–Trinajstić information content (AvgIpc) is 2.47. The van der Waals surface area contributed by atoms with Crippen LogP contribution in [0.5, 0.6) is 0 Å². The molecule has 22 heavy (non-hydrogen) atoms. The van der Waals surface area contributed by atoms with Gasteiger partial charge >= 0.3 is 0 Å². The first-order valence-corrected chi connectivity index (χ1v) is 8.26. The van der Waals surface area contributed by atoms with Crippen LogP contribution in [0.3, 0.4) is 0 Å². The summed E-state index contributed by atoms with van der Waals surface area (Å²) in [5.41, 5.74) is 14.5. The lowest BCUT2D eigenvalue weighted by Crippen LogP contribution is -2.31. The number of nitrogens with zero attached hydrogens (tertiary/aromatic N) is 1. The SMILES string of the molecule is CC(C)=C(C)C1c2c(C)c(C)c(C)c(C)c2C(C)=C(C)N1C. The largest absolute Gasteiger partial charge is 0.367 e. The third-order valence-electron chi connectivity index (χ3n) is 6.04. The zero-order valence-electron chi connectivity index (χ0n) is 16.0. The predicted molar refractivity (Wildman–Crippen MR) is 98.2 cm³/mol. The van der Waals surface area contributed by atoms with E-state index in [2.05, 4.69) is 74.3 Å². The molecule has 1 heterocycles. The van der Waals surface area contributed by atoms with E-state index in [0.717, 1.165) is 0 Å². The lowest BCUT2D eigenvalue weighted by Gasteiger charge is -2.41. The standard InChI is InChI=1S/C21H31N/c1-11(2)12(3)21-20-16(7)14(5)13(4)15(6)19(20)17(8)18(9)22(21)10/h21H,1-10H3. The maximum Gasteiger partial charge on any atom is 0.0758 e. The molecule has 1 aliphatic heterocycles. The Hall–Kier alpha value is -1.50. The molecule has 0 amide bonds. The van der Waals surface area contributed by atoms with E-state index in [4.69, 9.17) is 0 Å². The molecule has 120 valence electrons. The van der Waals surface area contributed by atoms with Crippen molar-refractivity contribution in [3.05, 3.63) is 50.2 Å². The van der Waals surface area contributed by atoms with Crippen LogP contribution in [0.4, 0.5) is 0 Å². The summed E-state index contributed by atoms with van der Waals surface area (Å²) in [6.07, 6.45) is 0. The summed E-state index contributed by atoms with van der Waals surface area (Å²) in [6, 6.07) is 0.363. The van der Waals surface area contributed by atoms with Crippen LogP contribution < -0.4 is 0 Å². The van der Waals surface area contributed by atoms with Gasteiger partial charge in [0.1, 0.15) is 0 Å². The van der Waals surface area contributed by atoms with Gasteiger partial charge in [0.05, 0.1) is 6.04 Å². The number of allylic oxidation sites excluding steroid dienone is 3. The molecule has 0 saturated heterocycles. The zero-order chi connectivity index (χ0) is 16.9. The second-order valence-electron chi connectivity index (χ2n) is 7.20. The second-order valence-corrected chi connectivity index (χ2v) is 7.20. The van der Waals surface area contributed by atoms with Gasteiger partial charge in [0.15, 0.2) is 0 Å². The van der Waals surface area contributed by atoms with Crippen LogP contribution in [0.2, 0.25) is 0 Å². The van der Waals surface area contributed by atoms with Gasteiger partial charge in [0, 0.05) is 12.7 Å². The summed E-state index contributed by atoms with van der Waals surface area (Å²) in [5, 5.41) is 0. The van der Waals surface area contributed by atoms with E-state index in [0.29, 0.717) is 6.04 Å². The fourth-order valence-electron chi connectivity index (χ4n) is 3.78. The third-order valence-corrected chi connectivity index (χ3v) is 6.04. The molecule has 1 unspecified atom stereocenters. The molecule has 1 atom stereocenters. The van der Waals surface area contributed by atoms with E-state index in [1.165, 1.54) is 55.8 Å². The summed E-state index contributed by atoms with van der Waals surface area (Å²) in [6.45, 7) is 20.4. The predicted octanol–water partition coefficient (Wildman–Crippen LogP) is 6.01. The van der Waals surface area contributed by atoms with Gasteiger partial charge in [-0.25, -0.2) is 0 Å². The molecular weight excluding hydrogens is 266 g/mol. The lowest BCUT2D eigenvalue weighted by atomic mass is 9.77. The highest BCUT2D eigenvalue weighted by molar-refractivity contribution is 5.77. The van der Waals surface area contributed by atoms with Crippen LogP contribution in [0.25, 0.3) is 5.57 Å². The Morgan fingerprint density at radius 1 is 0.773 bits per heavy atom. The van der Waals surface area contributed by atoms with Gasteiger partial charge in [-0.1, -0.05) is 5.57 Å². The maximum atomic E-state index is 2.46. The molecule has 0 spiro atoms. The van der Waals surface area contributed by atoms with Crippen LogP contribution in [-0.2, 0) is 0 Å². The highest BCUT2D eigenvalue weighted by Crippen LogP contribution is 2.46. The van der Waals surface area contributed by atoms with Gasteiger partial charge in [0.2, 0.25) is 0 Å². The van der Waals surface area contributed by atoms with E-state index >= 15 is 0 Å². The monoisotopic (exact) mass is 297 g/mol. The van der Waals surface area contributed by atoms with Crippen LogP contribution in [0.1, 0.15) is 74.0 Å². The molecule has 0 bridgehead atoms. The summed E-state index contributed by atoms with van der Waals surface area (Å²) in [5.74, 6) is 0. The number of fused-ring (bicyclic) bond motifs is 1. The molecule has 0 N–H and O–H groups in total. The molecule has 0 aliphatic carbocycles. The fraction of sp³-hybridized carbons (Fsp3) is 0.524. The molecule has 1 nitrogen and oxygen atoms in total. The summed E-state index contributed by atoms with van der Waals surface area (Å²) in [4.78, 5) is 2.46. The first-order valence-electron chi connectivity index (χ1n) is 8.26. The van der Waals surface area contributed by atoms with Crippen molar-refractivity contribution >= 4 is 5.57 Å². The third kappa shape index (κ3) is 2.22. The fourth-order valence-corrected chi connectivity index (χ4v) is 3.78. The van der Waals surface area contributed by atoms with E-state index < -0.39 is 0 Å². The number of hydrogen-bond acceptors (Lipinski definition) is 1. The van der Waals surface area contributed by atoms with Crippen molar-refractivity contribution in [3.8, 4) is 0 Å². The van der Waals surface area contributed by atoms with Crippen molar-refractivity contribution in [2.24, 2.45) is 0 Å². The van der Waals surface area contributed by atoms with E-state index in [1.54, 1.807) is 0 Å². The Kier molecular flexibility index (Phi) is 4.30. The Morgan fingerprint density at radius 3 is 1.77 bits per heavy atom. The Bertz CT molecular complexity index is 697. The van der Waals surface area contributed by atoms with Crippen LogP contribution in [0, 0.1) is 27.7 Å². The Balaban J connectivity index is 2.97. The van der Waals surface area contributed by atoms with Crippen molar-refractivity contribution < 1.29 is 0 Å². The van der Waals surface area contributed by atoms with Crippen LogP contribution in [0.15, 0.2) is 16.8 Å². The molecule has 0 saturated carbocycles. The van der Waals surface area contributed by atoms with Crippen LogP contribution >= 0.6 is 0 Å². The molecule has 1 heteroatoms. The van der Waals surface area contributed by atoms with Crippen molar-refractivity contribution in [2.45, 2.75) is 68.4 Å². The number of hydrogen-bond donors (Lipinski definition) is 0. The van der Waals surface area contributed by atoms with Crippen molar-refractivity contribution in [2.75, 3.05) is 7.05 Å². The highest BCUT2D eigenvalue weighted by atomic mass is 15.1. The van der Waals surface area contributed by atoms with Gasteiger partial charge in [-0.15, -0.1) is 0 Å². The van der Waals surface area contributed by atoms with Crippen molar-refractivity contribution in [1.29, 1.82) is 0 Å². The van der Waals surface area contributed by atoms with Gasteiger partial charge in [0.25, 0.3) is 0 Å². The molecule has 1 aromatic carbocycles. The van der Waals surface area contributed by atoms with E-state index in [9.17, 15) is 0 Å². The highest BCUT2D eigenvalue weighted by Gasteiger charge is 2.32. The van der Waals surface area contributed by atoms with Crippen molar-refractivity contribution in [3.63, 3.8) is 0 Å². The number of benzene rings is 1. The molecule has 0 fully saturated rings. The minimum atomic E-state index is 0.363. The smallest absolute Gasteiger partial charge is 0.0758 e. The maximum absolute atomic E-state index is 2.46. The van der Waals surface area contributed by atoms with E-state index in [1.807, 2.05) is 0 Å². The van der Waals surface area contributed by atoms with Gasteiger partial charge in [-0.05, 0) is 107 Å². The van der Waals surface area contributed by atoms with Gasteiger partial charge in [-0.2, -0.15) is 0 Å². The molecule has 0 radical (unpaired) electrons. The molecule has 1 aliphatic rings. The Morgan fingerprint density at radius 2 is 1.27 bits per heavy atom. The van der Waals surface area contributed by atoms with Gasteiger partial charge in [-0.3, -0.25) is 0 Å². The molecular formula is C21H31N. The quantitative estimate of drug-likeness (QED) is 0.573. The molecule has 1 aromatic rings. The topological polar surface area (TPSA) is 3.24 Å². The summed E-state index contributed by atoms with van der Waals surface area (Å²) < 4.78 is 0. The van der Waals surface area contributed by atoms with Crippen molar-refractivity contribution in [1.82, 2.24) is 4.90 Å². The Labute approximate surface area is 136 Å². The zero-order valence-corrected chi connectivity index (χ0v) is 16.0. The molecule has 0 aromatic heterocycles. The van der Waals surface area contributed by atoms with Crippen LogP contribution in [-0.4, -0.2) is 11.9 Å². The average molecular weight is 297 g/mol. The van der Waals surface area contributed by atoms with Gasteiger partial charge < -0.3 is 4.90 Å². The van der Waals surface area contributed by atoms with E-state index in [-0.39, 0.29) is 0 Å².